The Morgan fingerprint density at radius 3 is 2.37 bits per heavy atom. The molecule has 1 heterocycles. The van der Waals surface area contributed by atoms with Crippen molar-refractivity contribution in [2.24, 2.45) is 4.99 Å². The molecule has 0 aliphatic rings. The van der Waals surface area contributed by atoms with Crippen molar-refractivity contribution >= 4 is 12.0 Å². The van der Waals surface area contributed by atoms with Crippen molar-refractivity contribution in [1.29, 1.82) is 0 Å². The van der Waals surface area contributed by atoms with Crippen LogP contribution in [0, 0.1) is 18.6 Å². The second-order valence-corrected chi connectivity index (χ2v) is 6.07. The number of nitrogens with zero attached hydrogens (tertiary/aromatic N) is 3. The average molecular weight is 383 g/mol. The van der Waals surface area contributed by atoms with Crippen LogP contribution in [0.2, 0.25) is 0 Å². The Labute approximate surface area is 155 Å². The van der Waals surface area contributed by atoms with E-state index in [1.165, 1.54) is 19.3 Å². The molecule has 0 bridgehead atoms. The molecule has 0 N–H and O–H groups in total. The van der Waals surface area contributed by atoms with E-state index in [1.54, 1.807) is 18.9 Å². The zero-order valence-corrected chi connectivity index (χ0v) is 15.5. The summed E-state index contributed by atoms with van der Waals surface area (Å²) in [6.07, 6.45) is -2.19. The molecular weight excluding hydrogens is 362 g/mol. The first-order valence-electron chi connectivity index (χ1n) is 8.38. The Morgan fingerprint density at radius 2 is 1.81 bits per heavy atom. The van der Waals surface area contributed by atoms with Gasteiger partial charge in [-0.1, -0.05) is 0 Å². The highest BCUT2D eigenvalue weighted by Crippen LogP contribution is 2.35. The first-order chi connectivity index (χ1) is 12.7. The van der Waals surface area contributed by atoms with Crippen molar-refractivity contribution in [3.8, 4) is 5.88 Å². The molecule has 146 valence electrons. The van der Waals surface area contributed by atoms with E-state index >= 15 is 0 Å². The van der Waals surface area contributed by atoms with Crippen molar-refractivity contribution in [1.82, 2.24) is 9.88 Å². The van der Waals surface area contributed by atoms with Crippen molar-refractivity contribution in [3.63, 3.8) is 0 Å². The summed E-state index contributed by atoms with van der Waals surface area (Å²) in [5, 5.41) is 0. The molecule has 4 nitrogen and oxygen atoms in total. The number of halogens is 4. The Morgan fingerprint density at radius 1 is 1.19 bits per heavy atom. The second kappa shape index (κ2) is 8.83. The van der Waals surface area contributed by atoms with Gasteiger partial charge < -0.3 is 9.64 Å². The van der Waals surface area contributed by atoms with Gasteiger partial charge >= 0.3 is 0 Å². The van der Waals surface area contributed by atoms with Gasteiger partial charge in [-0.15, -0.1) is 0 Å². The molecule has 0 amide bonds. The number of hydrogen-bond acceptors (Lipinski definition) is 3. The monoisotopic (exact) mass is 383 g/mol. The highest BCUT2D eigenvalue weighted by Gasteiger charge is 2.21. The zero-order valence-electron chi connectivity index (χ0n) is 15.5. The predicted octanol–water partition coefficient (Wildman–Crippen LogP) is 5.36. The van der Waals surface area contributed by atoms with E-state index in [0.29, 0.717) is 17.9 Å². The summed E-state index contributed by atoms with van der Waals surface area (Å²) in [6.45, 7) is 5.76. The van der Waals surface area contributed by atoms with Crippen molar-refractivity contribution < 1.29 is 22.3 Å². The lowest BCUT2D eigenvalue weighted by atomic mass is 10.1. The molecule has 0 aliphatic heterocycles. The van der Waals surface area contributed by atoms with Crippen LogP contribution in [-0.2, 0) is 0 Å². The third kappa shape index (κ3) is 5.42. The molecular formula is C19H21F4N3O. The lowest BCUT2D eigenvalue weighted by molar-refractivity contribution is 0.136. The Kier molecular flexibility index (Phi) is 6.76. The normalized spacial score (nSPS) is 12.6. The molecule has 0 saturated heterocycles. The fourth-order valence-electron chi connectivity index (χ4n) is 2.26. The summed E-state index contributed by atoms with van der Waals surface area (Å²) >= 11 is 0. The van der Waals surface area contributed by atoms with Gasteiger partial charge in [0.05, 0.1) is 23.3 Å². The van der Waals surface area contributed by atoms with Crippen LogP contribution >= 0.6 is 0 Å². The van der Waals surface area contributed by atoms with E-state index in [0.717, 1.165) is 18.2 Å². The van der Waals surface area contributed by atoms with E-state index in [1.807, 2.05) is 6.92 Å². The maximum Gasteiger partial charge on any atom is 0.269 e. The second-order valence-electron chi connectivity index (χ2n) is 6.07. The molecule has 0 saturated carbocycles. The first-order valence-corrected chi connectivity index (χ1v) is 8.38. The van der Waals surface area contributed by atoms with E-state index in [9.17, 15) is 17.6 Å². The van der Waals surface area contributed by atoms with E-state index in [-0.39, 0.29) is 11.4 Å². The number of ether oxygens (including phenoxy) is 1. The minimum Gasteiger partial charge on any atom is -0.469 e. The van der Waals surface area contributed by atoms with Gasteiger partial charge in [0, 0.05) is 19.7 Å². The van der Waals surface area contributed by atoms with Gasteiger partial charge in [0.15, 0.2) is 0 Å². The largest absolute Gasteiger partial charge is 0.469 e. The van der Waals surface area contributed by atoms with Gasteiger partial charge in [-0.2, -0.15) is 0 Å². The van der Waals surface area contributed by atoms with Crippen LogP contribution < -0.4 is 4.74 Å². The predicted molar refractivity (Wildman–Crippen MR) is 95.8 cm³/mol. The number of benzene rings is 1. The van der Waals surface area contributed by atoms with E-state index in [2.05, 4.69) is 9.98 Å². The zero-order chi connectivity index (χ0) is 20.1. The van der Waals surface area contributed by atoms with Gasteiger partial charge in [0.1, 0.15) is 17.7 Å². The Balaban J connectivity index is 2.35. The topological polar surface area (TPSA) is 37.7 Å². The molecule has 0 radical (unpaired) electrons. The molecule has 0 fully saturated rings. The number of pyridine rings is 1. The Bertz CT molecular complexity index is 807. The van der Waals surface area contributed by atoms with Crippen LogP contribution in [0.15, 0.2) is 29.3 Å². The molecule has 1 aromatic carbocycles. The first kappa shape index (κ1) is 20.7. The molecule has 2 rings (SSSR count). The maximum atomic E-state index is 13.5. The molecule has 1 aromatic heterocycles. The van der Waals surface area contributed by atoms with Crippen LogP contribution in [0.3, 0.4) is 0 Å². The van der Waals surface area contributed by atoms with Gasteiger partial charge in [0.2, 0.25) is 5.88 Å². The highest BCUT2D eigenvalue weighted by atomic mass is 19.3. The van der Waals surface area contributed by atoms with Gasteiger partial charge in [-0.25, -0.2) is 27.5 Å². The number of aliphatic imine (C=N–C) groups is 1. The quantitative estimate of drug-likeness (QED) is 0.367. The third-order valence-corrected chi connectivity index (χ3v) is 3.95. The van der Waals surface area contributed by atoms with Crippen LogP contribution in [0.5, 0.6) is 5.88 Å². The van der Waals surface area contributed by atoms with Crippen LogP contribution in [0.4, 0.5) is 23.2 Å². The molecule has 0 unspecified atom stereocenters. The Hall–Kier alpha value is -2.64. The number of aryl methyl sites for hydroxylation is 1. The molecule has 0 spiro atoms. The fourth-order valence-corrected chi connectivity index (χ4v) is 2.26. The standard InChI is InChI=1S/C19H21F4N3O/c1-5-26(4)10-24-17-9-16(18(22)23)19(25-11(17)2)27-12(3)13-6-14(20)8-15(21)7-13/h6-10,12,18H,5H2,1-4H3/b24-10+/t12-/m1/s1. The van der Waals surface area contributed by atoms with Crippen LogP contribution in [0.25, 0.3) is 0 Å². The number of alkyl halides is 2. The number of hydrogen-bond donors (Lipinski definition) is 0. The fraction of sp³-hybridized carbons (Fsp3) is 0.368. The average Bonchev–Trinajstić information content (AvgIpc) is 2.59. The summed E-state index contributed by atoms with van der Waals surface area (Å²) in [6, 6.07) is 4.11. The summed E-state index contributed by atoms with van der Waals surface area (Å²) < 4.78 is 59.2. The summed E-state index contributed by atoms with van der Waals surface area (Å²) in [4.78, 5) is 10.0. The van der Waals surface area contributed by atoms with Crippen molar-refractivity contribution in [2.75, 3.05) is 13.6 Å². The van der Waals surface area contributed by atoms with Gasteiger partial charge in [0.25, 0.3) is 6.43 Å². The number of rotatable bonds is 7. The lowest BCUT2D eigenvalue weighted by Crippen LogP contribution is -2.14. The van der Waals surface area contributed by atoms with E-state index < -0.39 is 29.7 Å². The maximum absolute atomic E-state index is 13.5. The third-order valence-electron chi connectivity index (χ3n) is 3.95. The summed E-state index contributed by atoms with van der Waals surface area (Å²) in [7, 11) is 1.80. The smallest absolute Gasteiger partial charge is 0.269 e. The lowest BCUT2D eigenvalue weighted by Gasteiger charge is -2.18. The van der Waals surface area contributed by atoms with E-state index in [4.69, 9.17) is 4.74 Å². The molecule has 27 heavy (non-hydrogen) atoms. The molecule has 0 aliphatic carbocycles. The van der Waals surface area contributed by atoms with Crippen molar-refractivity contribution in [3.05, 3.63) is 52.7 Å². The molecule has 1 atom stereocenters. The SMILES string of the molecule is CCN(C)/C=N/c1cc(C(F)F)c(O[C@H](C)c2cc(F)cc(F)c2)nc1C. The molecule has 2 aromatic rings. The van der Waals surface area contributed by atoms with Gasteiger partial charge in [-0.05, 0) is 44.5 Å². The van der Waals surface area contributed by atoms with Crippen molar-refractivity contribution in [2.45, 2.75) is 33.3 Å². The van der Waals surface area contributed by atoms with Gasteiger partial charge in [-0.3, -0.25) is 0 Å². The number of aromatic nitrogens is 1. The van der Waals surface area contributed by atoms with Crippen LogP contribution in [0.1, 0.15) is 43.2 Å². The molecule has 8 heteroatoms. The minimum atomic E-state index is -2.84. The summed E-state index contributed by atoms with van der Waals surface area (Å²) in [5.41, 5.74) is 0.435. The minimum absolute atomic E-state index is 0.179. The summed E-state index contributed by atoms with van der Waals surface area (Å²) in [5.74, 6) is -1.84. The van der Waals surface area contributed by atoms with Crippen LogP contribution in [-0.4, -0.2) is 29.8 Å². The highest BCUT2D eigenvalue weighted by molar-refractivity contribution is 5.63.